The Kier molecular flexibility index (Phi) is 5.12. The monoisotopic (exact) mass is 329 g/mol. The van der Waals surface area contributed by atoms with Gasteiger partial charge in [0.15, 0.2) is 0 Å². The van der Waals surface area contributed by atoms with Gasteiger partial charge in [0.1, 0.15) is 0 Å². The molecular formula is C15H17Cl2NO3. The lowest BCUT2D eigenvalue weighted by Crippen LogP contribution is -2.24. The van der Waals surface area contributed by atoms with Crippen molar-refractivity contribution in [1.82, 2.24) is 0 Å². The van der Waals surface area contributed by atoms with Crippen LogP contribution in [0.5, 0.6) is 0 Å². The van der Waals surface area contributed by atoms with Crippen LogP contribution in [0.4, 0.5) is 5.69 Å². The standard InChI is InChI=1S/C15H17Cl2NO3/c1-8(5-10-6-9(2)21-15(10)20)14(19)18-13-4-3-11(16)7-12(13)17/h3-4,7-10H,5-6H2,1-2H3,(H,18,19)/t8-,9+,10+/m1/s1. The predicted molar refractivity (Wildman–Crippen MR) is 82.5 cm³/mol. The van der Waals surface area contributed by atoms with E-state index in [9.17, 15) is 9.59 Å². The summed E-state index contributed by atoms with van der Waals surface area (Å²) in [6.07, 6.45) is 1.07. The summed E-state index contributed by atoms with van der Waals surface area (Å²) in [7, 11) is 0. The average Bonchev–Trinajstić information content (AvgIpc) is 2.71. The van der Waals surface area contributed by atoms with Gasteiger partial charge in [0.05, 0.1) is 22.7 Å². The van der Waals surface area contributed by atoms with E-state index in [1.165, 1.54) is 0 Å². The van der Waals surface area contributed by atoms with Crippen molar-refractivity contribution in [3.63, 3.8) is 0 Å². The Bertz CT molecular complexity index is 562. The van der Waals surface area contributed by atoms with Crippen LogP contribution in [0, 0.1) is 11.8 Å². The highest BCUT2D eigenvalue weighted by Gasteiger charge is 2.34. The summed E-state index contributed by atoms with van der Waals surface area (Å²) >= 11 is 11.8. The van der Waals surface area contributed by atoms with Gasteiger partial charge in [-0.2, -0.15) is 0 Å². The summed E-state index contributed by atoms with van der Waals surface area (Å²) in [6.45, 7) is 3.64. The SMILES string of the molecule is C[C@H](C[C@H]1C[C@H](C)OC1=O)C(=O)Nc1ccc(Cl)cc1Cl. The first-order valence-corrected chi connectivity index (χ1v) is 7.59. The third-order valence-electron chi connectivity index (χ3n) is 3.54. The summed E-state index contributed by atoms with van der Waals surface area (Å²) in [5.41, 5.74) is 0.514. The molecular weight excluding hydrogens is 313 g/mol. The van der Waals surface area contributed by atoms with Crippen LogP contribution in [0.2, 0.25) is 10.0 Å². The molecule has 4 nitrogen and oxygen atoms in total. The Hall–Kier alpha value is -1.26. The van der Waals surface area contributed by atoms with Gasteiger partial charge in [0.25, 0.3) is 0 Å². The molecule has 114 valence electrons. The first kappa shape index (κ1) is 16.1. The lowest BCUT2D eigenvalue weighted by molar-refractivity contribution is -0.144. The number of carbonyl (C=O) groups is 2. The number of cyclic esters (lactones) is 1. The molecule has 0 spiro atoms. The third kappa shape index (κ3) is 4.11. The zero-order chi connectivity index (χ0) is 15.6. The maximum absolute atomic E-state index is 12.2. The van der Waals surface area contributed by atoms with Crippen LogP contribution in [-0.2, 0) is 14.3 Å². The predicted octanol–water partition coefficient (Wildman–Crippen LogP) is 3.91. The van der Waals surface area contributed by atoms with Gasteiger partial charge >= 0.3 is 5.97 Å². The molecule has 3 atom stereocenters. The Morgan fingerprint density at radius 1 is 1.48 bits per heavy atom. The number of ether oxygens (including phenoxy) is 1. The number of benzene rings is 1. The van der Waals surface area contributed by atoms with Crippen LogP contribution < -0.4 is 5.32 Å². The Labute approximate surface area is 133 Å². The maximum atomic E-state index is 12.2. The summed E-state index contributed by atoms with van der Waals surface area (Å²) in [4.78, 5) is 23.8. The normalized spacial score (nSPS) is 22.8. The fraction of sp³-hybridized carbons (Fsp3) is 0.467. The lowest BCUT2D eigenvalue weighted by atomic mass is 9.93. The third-order valence-corrected chi connectivity index (χ3v) is 4.09. The van der Waals surface area contributed by atoms with Gasteiger partial charge in [-0.1, -0.05) is 30.1 Å². The number of hydrogen-bond donors (Lipinski definition) is 1. The molecule has 0 radical (unpaired) electrons. The minimum atomic E-state index is -0.306. The van der Waals surface area contributed by atoms with E-state index in [1.54, 1.807) is 25.1 Å². The molecule has 0 saturated carbocycles. The molecule has 1 heterocycles. The quantitative estimate of drug-likeness (QED) is 0.852. The molecule has 1 aliphatic heterocycles. The van der Waals surface area contributed by atoms with Gasteiger partial charge in [-0.25, -0.2) is 0 Å². The molecule has 0 unspecified atom stereocenters. The van der Waals surface area contributed by atoms with Crippen LogP contribution in [0.3, 0.4) is 0 Å². The van der Waals surface area contributed by atoms with Crippen molar-refractivity contribution >= 4 is 40.8 Å². The van der Waals surface area contributed by atoms with E-state index in [2.05, 4.69) is 5.32 Å². The highest BCUT2D eigenvalue weighted by molar-refractivity contribution is 6.36. The van der Waals surface area contributed by atoms with Crippen LogP contribution in [0.25, 0.3) is 0 Å². The van der Waals surface area contributed by atoms with Crippen LogP contribution >= 0.6 is 23.2 Å². The lowest BCUT2D eigenvalue weighted by Gasteiger charge is -2.15. The van der Waals surface area contributed by atoms with Gasteiger partial charge in [0.2, 0.25) is 5.91 Å². The van der Waals surface area contributed by atoms with E-state index < -0.39 is 0 Å². The van der Waals surface area contributed by atoms with Crippen molar-refractivity contribution < 1.29 is 14.3 Å². The summed E-state index contributed by atoms with van der Waals surface area (Å²) in [6, 6.07) is 4.88. The molecule has 1 saturated heterocycles. The molecule has 1 aromatic rings. The largest absolute Gasteiger partial charge is 0.462 e. The molecule has 21 heavy (non-hydrogen) atoms. The molecule has 0 bridgehead atoms. The fourth-order valence-corrected chi connectivity index (χ4v) is 2.87. The molecule has 1 N–H and O–H groups in total. The van der Waals surface area contributed by atoms with Gasteiger partial charge in [-0.15, -0.1) is 0 Å². The number of amides is 1. The van der Waals surface area contributed by atoms with Crippen LogP contribution in [-0.4, -0.2) is 18.0 Å². The smallest absolute Gasteiger partial charge is 0.309 e. The number of anilines is 1. The molecule has 1 aliphatic rings. The Balaban J connectivity index is 1.95. The zero-order valence-electron chi connectivity index (χ0n) is 11.9. The second kappa shape index (κ2) is 6.67. The topological polar surface area (TPSA) is 55.4 Å². The first-order valence-electron chi connectivity index (χ1n) is 6.83. The molecule has 6 heteroatoms. The van der Waals surface area contributed by atoms with E-state index in [0.29, 0.717) is 28.6 Å². The van der Waals surface area contributed by atoms with Gasteiger partial charge in [-0.05, 0) is 38.0 Å². The summed E-state index contributed by atoms with van der Waals surface area (Å²) in [5.74, 6) is -0.903. The second-order valence-corrected chi connectivity index (χ2v) is 6.27. The number of rotatable bonds is 4. The minimum absolute atomic E-state index is 0.0662. The Morgan fingerprint density at radius 3 is 2.76 bits per heavy atom. The minimum Gasteiger partial charge on any atom is -0.462 e. The number of halogens is 2. The van der Waals surface area contributed by atoms with E-state index in [4.69, 9.17) is 27.9 Å². The second-order valence-electron chi connectivity index (χ2n) is 5.43. The number of nitrogens with one attached hydrogen (secondary N) is 1. The van der Waals surface area contributed by atoms with Gasteiger partial charge in [-0.3, -0.25) is 9.59 Å². The van der Waals surface area contributed by atoms with Crippen LogP contribution in [0.15, 0.2) is 18.2 Å². The number of carbonyl (C=O) groups excluding carboxylic acids is 2. The van der Waals surface area contributed by atoms with Crippen molar-refractivity contribution in [3.05, 3.63) is 28.2 Å². The molecule has 0 aromatic heterocycles. The Morgan fingerprint density at radius 2 is 2.19 bits per heavy atom. The van der Waals surface area contributed by atoms with Crippen LogP contribution in [0.1, 0.15) is 26.7 Å². The summed E-state index contributed by atoms with van der Waals surface area (Å²) in [5, 5.41) is 3.65. The van der Waals surface area contributed by atoms with E-state index in [0.717, 1.165) is 0 Å². The molecule has 1 amide bonds. The molecule has 0 aliphatic carbocycles. The van der Waals surface area contributed by atoms with E-state index in [1.807, 2.05) is 6.92 Å². The molecule has 1 fully saturated rings. The molecule has 2 rings (SSSR count). The van der Waals surface area contributed by atoms with Crippen molar-refractivity contribution in [2.45, 2.75) is 32.8 Å². The zero-order valence-corrected chi connectivity index (χ0v) is 13.4. The first-order chi connectivity index (χ1) is 9.86. The average molecular weight is 330 g/mol. The van der Waals surface area contributed by atoms with Crippen molar-refractivity contribution in [2.24, 2.45) is 11.8 Å². The number of hydrogen-bond acceptors (Lipinski definition) is 3. The number of esters is 1. The molecule has 1 aromatic carbocycles. The van der Waals surface area contributed by atoms with Gasteiger partial charge in [0, 0.05) is 10.9 Å². The van der Waals surface area contributed by atoms with Crippen molar-refractivity contribution in [1.29, 1.82) is 0 Å². The van der Waals surface area contributed by atoms with Crippen molar-refractivity contribution in [2.75, 3.05) is 5.32 Å². The van der Waals surface area contributed by atoms with Crippen molar-refractivity contribution in [3.8, 4) is 0 Å². The van der Waals surface area contributed by atoms with Gasteiger partial charge < -0.3 is 10.1 Å². The highest BCUT2D eigenvalue weighted by atomic mass is 35.5. The fourth-order valence-electron chi connectivity index (χ4n) is 2.41. The summed E-state index contributed by atoms with van der Waals surface area (Å²) < 4.78 is 5.10. The highest BCUT2D eigenvalue weighted by Crippen LogP contribution is 2.29. The van der Waals surface area contributed by atoms with E-state index >= 15 is 0 Å². The van der Waals surface area contributed by atoms with E-state index in [-0.39, 0.29) is 29.8 Å². The maximum Gasteiger partial charge on any atom is 0.309 e.